The SMILES string of the molecule is COc1cc(C)ccc1C(C)NCCOCC(F)F. The lowest BCUT2D eigenvalue weighted by molar-refractivity contribution is 0.0183. The predicted molar refractivity (Wildman–Crippen MR) is 71.0 cm³/mol. The molecule has 1 aromatic rings. The van der Waals surface area contributed by atoms with E-state index < -0.39 is 13.0 Å². The number of halogens is 2. The van der Waals surface area contributed by atoms with Crippen molar-refractivity contribution in [2.75, 3.05) is 26.9 Å². The highest BCUT2D eigenvalue weighted by atomic mass is 19.3. The van der Waals surface area contributed by atoms with E-state index in [2.05, 4.69) is 5.32 Å². The van der Waals surface area contributed by atoms with Gasteiger partial charge in [0.1, 0.15) is 12.4 Å². The van der Waals surface area contributed by atoms with Gasteiger partial charge in [-0.05, 0) is 25.5 Å². The van der Waals surface area contributed by atoms with Gasteiger partial charge in [0, 0.05) is 18.2 Å². The first-order chi connectivity index (χ1) is 9.04. The zero-order chi connectivity index (χ0) is 14.3. The number of benzene rings is 1. The topological polar surface area (TPSA) is 30.5 Å². The fourth-order valence-electron chi connectivity index (χ4n) is 1.81. The molecule has 1 aromatic carbocycles. The molecule has 5 heteroatoms. The van der Waals surface area contributed by atoms with Gasteiger partial charge < -0.3 is 14.8 Å². The van der Waals surface area contributed by atoms with Crippen molar-refractivity contribution in [3.05, 3.63) is 29.3 Å². The highest BCUT2D eigenvalue weighted by molar-refractivity contribution is 5.38. The predicted octanol–water partition coefficient (Wildman–Crippen LogP) is 2.94. The summed E-state index contributed by atoms with van der Waals surface area (Å²) in [5, 5.41) is 3.22. The third-order valence-electron chi connectivity index (χ3n) is 2.80. The van der Waals surface area contributed by atoms with Crippen molar-refractivity contribution < 1.29 is 18.3 Å². The maximum atomic E-state index is 11.9. The van der Waals surface area contributed by atoms with Crippen LogP contribution < -0.4 is 10.1 Å². The first-order valence-corrected chi connectivity index (χ1v) is 6.28. The molecular weight excluding hydrogens is 252 g/mol. The lowest BCUT2D eigenvalue weighted by atomic mass is 10.1. The van der Waals surface area contributed by atoms with Crippen molar-refractivity contribution in [3.63, 3.8) is 0 Å². The molecule has 0 bridgehead atoms. The summed E-state index contributed by atoms with van der Waals surface area (Å²) in [7, 11) is 1.64. The van der Waals surface area contributed by atoms with Gasteiger partial charge in [0.2, 0.25) is 0 Å². The molecule has 1 N–H and O–H groups in total. The summed E-state index contributed by atoms with van der Waals surface area (Å²) in [5.41, 5.74) is 2.18. The molecule has 0 aliphatic heterocycles. The van der Waals surface area contributed by atoms with Crippen LogP contribution in [0.1, 0.15) is 24.1 Å². The molecule has 0 radical (unpaired) electrons. The van der Waals surface area contributed by atoms with Crippen LogP contribution in [0.4, 0.5) is 8.78 Å². The lowest BCUT2D eigenvalue weighted by Gasteiger charge is -2.17. The minimum Gasteiger partial charge on any atom is -0.496 e. The maximum absolute atomic E-state index is 11.9. The van der Waals surface area contributed by atoms with Crippen molar-refractivity contribution in [2.45, 2.75) is 26.3 Å². The Morgan fingerprint density at radius 2 is 2.05 bits per heavy atom. The van der Waals surface area contributed by atoms with E-state index in [0.717, 1.165) is 16.9 Å². The van der Waals surface area contributed by atoms with Gasteiger partial charge in [0.25, 0.3) is 6.43 Å². The summed E-state index contributed by atoms with van der Waals surface area (Å²) in [4.78, 5) is 0. The van der Waals surface area contributed by atoms with Crippen LogP contribution in [0, 0.1) is 6.92 Å². The molecular formula is C14H21F2NO2. The van der Waals surface area contributed by atoms with Crippen LogP contribution in [0.5, 0.6) is 5.75 Å². The Morgan fingerprint density at radius 3 is 2.68 bits per heavy atom. The van der Waals surface area contributed by atoms with Gasteiger partial charge in [-0.25, -0.2) is 8.78 Å². The lowest BCUT2D eigenvalue weighted by Crippen LogP contribution is -2.24. The van der Waals surface area contributed by atoms with Crippen molar-refractivity contribution in [1.29, 1.82) is 0 Å². The minimum atomic E-state index is -2.41. The van der Waals surface area contributed by atoms with Crippen LogP contribution in [0.3, 0.4) is 0 Å². The van der Waals surface area contributed by atoms with Gasteiger partial charge in [0.05, 0.1) is 13.7 Å². The summed E-state index contributed by atoms with van der Waals surface area (Å²) in [6.07, 6.45) is -2.41. The number of ether oxygens (including phenoxy) is 2. The van der Waals surface area contributed by atoms with E-state index in [9.17, 15) is 8.78 Å². The van der Waals surface area contributed by atoms with Gasteiger partial charge in [-0.1, -0.05) is 12.1 Å². The summed E-state index contributed by atoms with van der Waals surface area (Å²) in [6, 6.07) is 6.07. The molecule has 0 fully saturated rings. The van der Waals surface area contributed by atoms with Gasteiger partial charge in [-0.3, -0.25) is 0 Å². The smallest absolute Gasteiger partial charge is 0.261 e. The van der Waals surface area contributed by atoms with E-state index in [1.54, 1.807) is 7.11 Å². The van der Waals surface area contributed by atoms with E-state index in [1.165, 1.54) is 0 Å². The van der Waals surface area contributed by atoms with Crippen molar-refractivity contribution in [1.82, 2.24) is 5.32 Å². The first kappa shape index (κ1) is 15.9. The second kappa shape index (κ2) is 8.07. The summed E-state index contributed by atoms with van der Waals surface area (Å²) in [6.45, 7) is 4.28. The highest BCUT2D eigenvalue weighted by Crippen LogP contribution is 2.25. The average Bonchev–Trinajstić information content (AvgIpc) is 2.37. The minimum absolute atomic E-state index is 0.0747. The van der Waals surface area contributed by atoms with Crippen LogP contribution in [0.25, 0.3) is 0 Å². The summed E-state index contributed by atoms with van der Waals surface area (Å²) >= 11 is 0. The van der Waals surface area contributed by atoms with E-state index in [1.807, 2.05) is 32.0 Å². The van der Waals surface area contributed by atoms with Crippen molar-refractivity contribution in [3.8, 4) is 5.75 Å². The molecule has 0 amide bonds. The molecule has 19 heavy (non-hydrogen) atoms. The Kier molecular flexibility index (Phi) is 6.73. The number of aryl methyl sites for hydroxylation is 1. The summed E-state index contributed by atoms with van der Waals surface area (Å²) < 4.78 is 33.9. The average molecular weight is 273 g/mol. The van der Waals surface area contributed by atoms with Crippen LogP contribution in [0.15, 0.2) is 18.2 Å². The van der Waals surface area contributed by atoms with Gasteiger partial charge in [-0.2, -0.15) is 0 Å². The molecule has 0 heterocycles. The molecule has 1 unspecified atom stereocenters. The first-order valence-electron chi connectivity index (χ1n) is 6.28. The number of hydrogen-bond donors (Lipinski definition) is 1. The molecule has 0 aromatic heterocycles. The van der Waals surface area contributed by atoms with Crippen LogP contribution in [-0.2, 0) is 4.74 Å². The maximum Gasteiger partial charge on any atom is 0.261 e. The number of nitrogens with one attached hydrogen (secondary N) is 1. The number of methoxy groups -OCH3 is 1. The van der Waals surface area contributed by atoms with Gasteiger partial charge in [-0.15, -0.1) is 0 Å². The fraction of sp³-hybridized carbons (Fsp3) is 0.571. The Hall–Kier alpha value is -1.20. The van der Waals surface area contributed by atoms with Crippen LogP contribution in [0.2, 0.25) is 0 Å². The monoisotopic (exact) mass is 273 g/mol. The zero-order valence-electron chi connectivity index (χ0n) is 11.6. The molecule has 0 saturated heterocycles. The quantitative estimate of drug-likeness (QED) is 0.739. The van der Waals surface area contributed by atoms with Crippen LogP contribution >= 0.6 is 0 Å². The molecule has 108 valence electrons. The largest absolute Gasteiger partial charge is 0.496 e. The Balaban J connectivity index is 2.43. The third-order valence-corrected chi connectivity index (χ3v) is 2.80. The van der Waals surface area contributed by atoms with Crippen molar-refractivity contribution >= 4 is 0 Å². The number of rotatable bonds is 8. The Labute approximate surface area is 112 Å². The second-order valence-corrected chi connectivity index (χ2v) is 4.39. The van der Waals surface area contributed by atoms with Crippen molar-refractivity contribution in [2.24, 2.45) is 0 Å². The van der Waals surface area contributed by atoms with E-state index in [4.69, 9.17) is 9.47 Å². The van der Waals surface area contributed by atoms with E-state index >= 15 is 0 Å². The standard InChI is InChI=1S/C14H21F2NO2/c1-10-4-5-12(13(8-10)18-3)11(2)17-6-7-19-9-14(15)16/h4-5,8,11,14,17H,6-7,9H2,1-3H3. The molecule has 0 spiro atoms. The fourth-order valence-corrected chi connectivity index (χ4v) is 1.81. The zero-order valence-corrected chi connectivity index (χ0v) is 11.6. The number of hydrogen-bond acceptors (Lipinski definition) is 3. The Bertz CT molecular complexity index is 386. The van der Waals surface area contributed by atoms with E-state index in [-0.39, 0.29) is 12.6 Å². The second-order valence-electron chi connectivity index (χ2n) is 4.39. The molecule has 1 rings (SSSR count). The molecule has 1 atom stereocenters. The molecule has 0 aliphatic rings. The van der Waals surface area contributed by atoms with Gasteiger partial charge in [0.15, 0.2) is 0 Å². The normalized spacial score (nSPS) is 12.7. The molecule has 0 aliphatic carbocycles. The van der Waals surface area contributed by atoms with Crippen LogP contribution in [-0.4, -0.2) is 33.3 Å². The molecule has 3 nitrogen and oxygen atoms in total. The van der Waals surface area contributed by atoms with E-state index in [0.29, 0.717) is 6.54 Å². The summed E-state index contributed by atoms with van der Waals surface area (Å²) in [5.74, 6) is 0.827. The van der Waals surface area contributed by atoms with Gasteiger partial charge >= 0.3 is 0 Å². The molecule has 0 saturated carbocycles. The highest BCUT2D eigenvalue weighted by Gasteiger charge is 2.10. The Morgan fingerprint density at radius 1 is 1.32 bits per heavy atom. The number of alkyl halides is 2. The third kappa shape index (κ3) is 5.53.